The number of aliphatic imine (C=N–C) groups is 1. The highest BCUT2D eigenvalue weighted by Crippen LogP contribution is 2.45. The number of amidine groups is 1. The molecule has 2 rings (SSSR count). The van der Waals surface area contributed by atoms with Crippen molar-refractivity contribution in [3.05, 3.63) is 29.1 Å². The predicted octanol–water partition coefficient (Wildman–Crippen LogP) is 2.63. The molecule has 0 spiro atoms. The van der Waals surface area contributed by atoms with Gasteiger partial charge in [0.25, 0.3) is 6.02 Å². The molecule has 1 aliphatic heterocycles. The van der Waals surface area contributed by atoms with Crippen LogP contribution in [0.2, 0.25) is 0 Å². The summed E-state index contributed by atoms with van der Waals surface area (Å²) in [4.78, 5) is 15.4. The molecule has 0 aromatic heterocycles. The molecular weight excluding hydrogens is 365 g/mol. The molecule has 1 aromatic carbocycles. The number of ether oxygens (including phenoxy) is 2. The molecule has 150 valence electrons. The Bertz CT molecular complexity index is 777. The lowest BCUT2D eigenvalue weighted by atomic mass is 9.86. The maximum atomic E-state index is 14.6. The van der Waals surface area contributed by atoms with E-state index in [1.54, 1.807) is 20.8 Å². The molecule has 27 heavy (non-hydrogen) atoms. The summed E-state index contributed by atoms with van der Waals surface area (Å²) in [7, 11) is 0. The first-order chi connectivity index (χ1) is 12.3. The molecule has 1 aliphatic rings. The predicted molar refractivity (Wildman–Crippen MR) is 93.8 cm³/mol. The van der Waals surface area contributed by atoms with Crippen molar-refractivity contribution >= 4 is 17.8 Å². The van der Waals surface area contributed by atoms with Crippen molar-refractivity contribution in [3.63, 3.8) is 0 Å². The zero-order valence-corrected chi connectivity index (χ0v) is 15.5. The number of hydrogen-bond donors (Lipinski definition) is 3. The number of nitrogen functional groups attached to an aromatic ring is 1. The third-order valence-electron chi connectivity index (χ3n) is 3.99. The fraction of sp³-hybridized carbons (Fsp3) is 0.529. The molecule has 10 heteroatoms. The van der Waals surface area contributed by atoms with E-state index in [0.717, 1.165) is 19.1 Å². The summed E-state index contributed by atoms with van der Waals surface area (Å²) < 4.78 is 54.0. The molecule has 1 amide bonds. The maximum absolute atomic E-state index is 14.6. The molecule has 1 heterocycles. The van der Waals surface area contributed by atoms with Crippen LogP contribution in [0.3, 0.4) is 0 Å². The van der Waals surface area contributed by atoms with Crippen molar-refractivity contribution in [1.29, 1.82) is 0 Å². The second-order valence-corrected chi connectivity index (χ2v) is 7.32. The van der Waals surface area contributed by atoms with E-state index in [0.29, 0.717) is 0 Å². The van der Waals surface area contributed by atoms with Crippen LogP contribution in [-0.2, 0) is 21.6 Å². The zero-order chi connectivity index (χ0) is 20.6. The molecule has 1 aromatic rings. The minimum atomic E-state index is -3.57. The summed E-state index contributed by atoms with van der Waals surface area (Å²) in [5, 5.41) is 2.15. The van der Waals surface area contributed by atoms with Gasteiger partial charge in [0, 0.05) is 17.8 Å². The quantitative estimate of drug-likeness (QED) is 0.675. The Morgan fingerprint density at radius 1 is 1.41 bits per heavy atom. The lowest BCUT2D eigenvalue weighted by Crippen LogP contribution is -2.55. The number of anilines is 1. The van der Waals surface area contributed by atoms with Gasteiger partial charge in [-0.15, -0.1) is 0 Å². The fourth-order valence-corrected chi connectivity index (χ4v) is 2.50. The van der Waals surface area contributed by atoms with Crippen LogP contribution in [0.25, 0.3) is 0 Å². The van der Waals surface area contributed by atoms with Crippen LogP contribution in [0, 0.1) is 5.82 Å². The lowest BCUT2D eigenvalue weighted by Gasteiger charge is -2.40. The van der Waals surface area contributed by atoms with Gasteiger partial charge in [0.05, 0.1) is 0 Å². The Hall–Kier alpha value is -2.49. The fourth-order valence-electron chi connectivity index (χ4n) is 2.50. The Kier molecular flexibility index (Phi) is 5.33. The summed E-state index contributed by atoms with van der Waals surface area (Å²) in [5.74, 6) is -4.52. The first-order valence-corrected chi connectivity index (χ1v) is 8.19. The van der Waals surface area contributed by atoms with Crippen molar-refractivity contribution in [3.8, 4) is 0 Å². The Balaban J connectivity index is 2.37. The van der Waals surface area contributed by atoms with E-state index in [4.69, 9.17) is 20.9 Å². The van der Waals surface area contributed by atoms with Crippen molar-refractivity contribution in [1.82, 2.24) is 5.32 Å². The number of benzene rings is 1. The maximum Gasteiger partial charge on any atom is 0.415 e. The van der Waals surface area contributed by atoms with Gasteiger partial charge >= 0.3 is 12.0 Å². The standard InChI is InChI=1S/C17H23F3N4O3/c1-15(2,3)27-14(25)24-13-23-8-17(19,20)16(4,26-13)10-6-12(22)9(7-21)5-11(10)18/h5-6H,7-8,21-22H2,1-4H3,(H,23,24,25)/t16-/m1/s1. The molecule has 0 fully saturated rings. The van der Waals surface area contributed by atoms with Crippen LogP contribution < -0.4 is 16.8 Å². The summed E-state index contributed by atoms with van der Waals surface area (Å²) in [6, 6.07) is 1.54. The molecule has 0 unspecified atom stereocenters. The van der Waals surface area contributed by atoms with E-state index in [1.807, 2.05) is 0 Å². The number of nitrogens with one attached hydrogen (secondary N) is 1. The van der Waals surface area contributed by atoms with Crippen LogP contribution in [-0.4, -0.2) is 30.2 Å². The van der Waals surface area contributed by atoms with Crippen LogP contribution >= 0.6 is 0 Å². The smallest absolute Gasteiger partial charge is 0.415 e. The Morgan fingerprint density at radius 3 is 2.59 bits per heavy atom. The van der Waals surface area contributed by atoms with Crippen LogP contribution in [0.15, 0.2) is 17.1 Å². The topological polar surface area (TPSA) is 112 Å². The van der Waals surface area contributed by atoms with E-state index in [1.165, 1.54) is 0 Å². The van der Waals surface area contributed by atoms with Gasteiger partial charge in [-0.2, -0.15) is 8.78 Å². The van der Waals surface area contributed by atoms with Crippen molar-refractivity contribution < 1.29 is 27.4 Å². The van der Waals surface area contributed by atoms with Gasteiger partial charge < -0.3 is 20.9 Å². The second-order valence-electron chi connectivity index (χ2n) is 7.32. The number of alkyl halides is 2. The molecule has 0 aliphatic carbocycles. The average molecular weight is 388 g/mol. The van der Waals surface area contributed by atoms with Gasteiger partial charge in [0.2, 0.25) is 5.60 Å². The van der Waals surface area contributed by atoms with Gasteiger partial charge in [-0.1, -0.05) is 0 Å². The number of rotatable bonds is 2. The number of alkyl carbamates (subject to hydrolysis) is 1. The van der Waals surface area contributed by atoms with Crippen molar-refractivity contribution in [2.24, 2.45) is 10.7 Å². The SMILES string of the molecule is CC(C)(C)OC(=O)NC1=NCC(F)(F)[C@@](C)(c2cc(N)c(CN)cc2F)O1. The van der Waals surface area contributed by atoms with Crippen molar-refractivity contribution in [2.75, 3.05) is 12.3 Å². The van der Waals surface area contributed by atoms with Crippen LogP contribution in [0.5, 0.6) is 0 Å². The highest BCUT2D eigenvalue weighted by Gasteiger charge is 2.58. The molecule has 5 N–H and O–H groups in total. The molecule has 0 saturated heterocycles. The van der Waals surface area contributed by atoms with Gasteiger partial charge in [-0.25, -0.2) is 19.5 Å². The molecule has 0 radical (unpaired) electrons. The van der Waals surface area contributed by atoms with E-state index in [9.17, 15) is 18.0 Å². The van der Waals surface area contributed by atoms with Crippen LogP contribution in [0.1, 0.15) is 38.8 Å². The highest BCUT2D eigenvalue weighted by atomic mass is 19.3. The summed E-state index contributed by atoms with van der Waals surface area (Å²) in [6.07, 6.45) is -0.938. The first-order valence-electron chi connectivity index (χ1n) is 8.19. The van der Waals surface area contributed by atoms with Gasteiger partial charge in [0.1, 0.15) is 18.0 Å². The number of carbonyl (C=O) groups is 1. The Morgan fingerprint density at radius 2 is 2.04 bits per heavy atom. The summed E-state index contributed by atoms with van der Waals surface area (Å²) in [5.41, 5.74) is 7.82. The highest BCUT2D eigenvalue weighted by molar-refractivity contribution is 5.91. The van der Waals surface area contributed by atoms with Gasteiger partial charge in [0.15, 0.2) is 0 Å². The molecule has 7 nitrogen and oxygen atoms in total. The first kappa shape index (κ1) is 20.8. The Labute approximate surface area is 154 Å². The van der Waals surface area contributed by atoms with E-state index in [2.05, 4.69) is 10.3 Å². The summed E-state index contributed by atoms with van der Waals surface area (Å²) in [6.45, 7) is 4.82. The number of hydrogen-bond acceptors (Lipinski definition) is 6. The number of halogens is 3. The summed E-state index contributed by atoms with van der Waals surface area (Å²) >= 11 is 0. The zero-order valence-electron chi connectivity index (χ0n) is 15.5. The van der Waals surface area contributed by atoms with Crippen molar-refractivity contribution in [2.45, 2.75) is 51.4 Å². The third kappa shape index (κ3) is 4.26. The average Bonchev–Trinajstić information content (AvgIpc) is 2.51. The lowest BCUT2D eigenvalue weighted by molar-refractivity contribution is -0.174. The molecule has 1 atom stereocenters. The van der Waals surface area contributed by atoms with Gasteiger partial charge in [-0.05, 0) is 45.4 Å². The van der Waals surface area contributed by atoms with E-state index < -0.39 is 47.2 Å². The molecular formula is C17H23F3N4O3. The molecule has 0 saturated carbocycles. The van der Waals surface area contributed by atoms with Crippen LogP contribution in [0.4, 0.5) is 23.7 Å². The minimum absolute atomic E-state index is 0.0517. The third-order valence-corrected chi connectivity index (χ3v) is 3.99. The molecule has 0 bridgehead atoms. The normalized spacial score (nSPS) is 21.9. The monoisotopic (exact) mass is 388 g/mol. The number of nitrogens with zero attached hydrogens (tertiary/aromatic N) is 1. The largest absolute Gasteiger partial charge is 0.447 e. The number of carbonyl (C=O) groups excluding carboxylic acids is 1. The minimum Gasteiger partial charge on any atom is -0.447 e. The number of amides is 1. The number of nitrogens with two attached hydrogens (primary N) is 2. The van der Waals surface area contributed by atoms with Gasteiger partial charge in [-0.3, -0.25) is 0 Å². The van der Waals surface area contributed by atoms with E-state index >= 15 is 0 Å². The second kappa shape index (κ2) is 6.91. The van der Waals surface area contributed by atoms with E-state index in [-0.39, 0.29) is 17.8 Å².